The Balaban J connectivity index is 1.78. The highest BCUT2D eigenvalue weighted by atomic mass is 19.1. The molecule has 0 spiro atoms. The number of benzene rings is 2. The van der Waals surface area contributed by atoms with E-state index in [0.29, 0.717) is 12.5 Å². The zero-order valence-electron chi connectivity index (χ0n) is 15.8. The molecule has 1 aliphatic rings. The minimum Gasteiger partial charge on any atom is -0.295 e. The van der Waals surface area contributed by atoms with Crippen molar-refractivity contribution in [2.24, 2.45) is 0 Å². The van der Waals surface area contributed by atoms with Gasteiger partial charge in [-0.05, 0) is 50.1 Å². The maximum atomic E-state index is 13.4. The van der Waals surface area contributed by atoms with Crippen LogP contribution in [0.15, 0.2) is 54.6 Å². The molecule has 3 nitrogen and oxygen atoms in total. The quantitative estimate of drug-likeness (QED) is 0.678. The van der Waals surface area contributed by atoms with Crippen molar-refractivity contribution in [2.45, 2.75) is 39.3 Å². The van der Waals surface area contributed by atoms with E-state index in [1.807, 2.05) is 30.3 Å². The van der Waals surface area contributed by atoms with Crippen LogP contribution in [0.2, 0.25) is 0 Å². The first-order valence-electron chi connectivity index (χ1n) is 9.53. The molecule has 1 aliphatic heterocycles. The lowest BCUT2D eigenvalue weighted by molar-refractivity contribution is 0.200. The summed E-state index contributed by atoms with van der Waals surface area (Å²) >= 11 is 0. The Labute approximate surface area is 159 Å². The molecule has 4 heteroatoms. The van der Waals surface area contributed by atoms with E-state index < -0.39 is 0 Å². The predicted molar refractivity (Wildman–Crippen MR) is 106 cm³/mol. The summed E-state index contributed by atoms with van der Waals surface area (Å²) in [7, 11) is 0. The second kappa shape index (κ2) is 7.57. The molecule has 0 radical (unpaired) electrons. The standard InChI is InChI=1S/C23H24FN3/c1-16(2)27-13-12-20-21(15-27)25-22(14-17-6-4-3-5-7-17)26-23(20)18-8-10-19(24)11-9-18/h3-11,16H,12-15H2,1-2H3. The first kappa shape index (κ1) is 17.8. The van der Waals surface area contributed by atoms with Gasteiger partial charge in [0.1, 0.15) is 11.6 Å². The lowest BCUT2D eigenvalue weighted by Gasteiger charge is -2.32. The highest BCUT2D eigenvalue weighted by Gasteiger charge is 2.24. The molecule has 2 aromatic carbocycles. The van der Waals surface area contributed by atoms with E-state index in [-0.39, 0.29) is 5.82 Å². The fraction of sp³-hybridized carbons (Fsp3) is 0.304. The molecule has 4 rings (SSSR count). The van der Waals surface area contributed by atoms with Crippen molar-refractivity contribution >= 4 is 0 Å². The van der Waals surface area contributed by atoms with Gasteiger partial charge < -0.3 is 0 Å². The topological polar surface area (TPSA) is 29.0 Å². The Morgan fingerprint density at radius 2 is 1.74 bits per heavy atom. The van der Waals surface area contributed by atoms with Gasteiger partial charge in [-0.25, -0.2) is 14.4 Å². The number of aromatic nitrogens is 2. The summed E-state index contributed by atoms with van der Waals surface area (Å²) in [6, 6.07) is 17.4. The molecule has 2 heterocycles. The van der Waals surface area contributed by atoms with Crippen LogP contribution in [0, 0.1) is 5.82 Å². The van der Waals surface area contributed by atoms with Crippen LogP contribution in [-0.2, 0) is 19.4 Å². The van der Waals surface area contributed by atoms with Gasteiger partial charge in [0.05, 0.1) is 11.4 Å². The Bertz CT molecular complexity index is 920. The molecule has 0 fully saturated rings. The summed E-state index contributed by atoms with van der Waals surface area (Å²) in [5.41, 5.74) is 5.42. The van der Waals surface area contributed by atoms with Crippen LogP contribution in [0.3, 0.4) is 0 Å². The molecule has 1 aromatic heterocycles. The predicted octanol–water partition coefficient (Wildman–Crippen LogP) is 4.64. The van der Waals surface area contributed by atoms with Crippen molar-refractivity contribution in [1.29, 1.82) is 0 Å². The van der Waals surface area contributed by atoms with Crippen LogP contribution >= 0.6 is 0 Å². The minimum absolute atomic E-state index is 0.225. The first-order chi connectivity index (χ1) is 13.1. The van der Waals surface area contributed by atoms with Crippen LogP contribution < -0.4 is 0 Å². The zero-order valence-corrected chi connectivity index (χ0v) is 15.8. The maximum absolute atomic E-state index is 13.4. The van der Waals surface area contributed by atoms with Crippen molar-refractivity contribution < 1.29 is 4.39 Å². The summed E-state index contributed by atoms with van der Waals surface area (Å²) in [4.78, 5) is 12.3. The second-order valence-electron chi connectivity index (χ2n) is 7.40. The van der Waals surface area contributed by atoms with Crippen LogP contribution in [0.25, 0.3) is 11.3 Å². The van der Waals surface area contributed by atoms with Crippen LogP contribution in [-0.4, -0.2) is 27.5 Å². The van der Waals surface area contributed by atoms with Gasteiger partial charge in [0, 0.05) is 36.7 Å². The van der Waals surface area contributed by atoms with Crippen molar-refractivity contribution in [1.82, 2.24) is 14.9 Å². The van der Waals surface area contributed by atoms with Crippen molar-refractivity contribution in [3.8, 4) is 11.3 Å². The van der Waals surface area contributed by atoms with Gasteiger partial charge in [0.25, 0.3) is 0 Å². The Kier molecular flexibility index (Phi) is 4.99. The van der Waals surface area contributed by atoms with E-state index in [4.69, 9.17) is 9.97 Å². The van der Waals surface area contributed by atoms with E-state index in [9.17, 15) is 4.39 Å². The molecule has 0 saturated heterocycles. The summed E-state index contributed by atoms with van der Waals surface area (Å²) in [5.74, 6) is 0.599. The van der Waals surface area contributed by atoms with E-state index in [1.165, 1.54) is 23.3 Å². The average molecular weight is 361 g/mol. The van der Waals surface area contributed by atoms with E-state index in [0.717, 1.165) is 42.3 Å². The second-order valence-corrected chi connectivity index (χ2v) is 7.40. The third kappa shape index (κ3) is 3.91. The summed E-state index contributed by atoms with van der Waals surface area (Å²) in [6.45, 7) is 6.28. The lowest BCUT2D eigenvalue weighted by Crippen LogP contribution is -2.37. The smallest absolute Gasteiger partial charge is 0.133 e. The highest BCUT2D eigenvalue weighted by Crippen LogP contribution is 2.29. The largest absolute Gasteiger partial charge is 0.295 e. The molecule has 0 atom stereocenters. The van der Waals surface area contributed by atoms with Crippen LogP contribution in [0.5, 0.6) is 0 Å². The van der Waals surface area contributed by atoms with E-state index in [2.05, 4.69) is 30.9 Å². The summed E-state index contributed by atoms with van der Waals surface area (Å²) in [6.07, 6.45) is 1.62. The molecule has 0 amide bonds. The van der Waals surface area contributed by atoms with Gasteiger partial charge >= 0.3 is 0 Å². The Hall–Kier alpha value is -2.59. The molecule has 27 heavy (non-hydrogen) atoms. The van der Waals surface area contributed by atoms with Gasteiger partial charge in [0.15, 0.2) is 0 Å². The summed E-state index contributed by atoms with van der Waals surface area (Å²) < 4.78 is 13.4. The van der Waals surface area contributed by atoms with Gasteiger partial charge in [-0.15, -0.1) is 0 Å². The van der Waals surface area contributed by atoms with Crippen LogP contribution in [0.4, 0.5) is 4.39 Å². The number of halogens is 1. The van der Waals surface area contributed by atoms with Crippen molar-refractivity contribution in [3.05, 3.63) is 83.1 Å². The highest BCUT2D eigenvalue weighted by molar-refractivity contribution is 5.64. The Morgan fingerprint density at radius 1 is 1.00 bits per heavy atom. The van der Waals surface area contributed by atoms with Crippen LogP contribution in [0.1, 0.15) is 36.5 Å². The van der Waals surface area contributed by atoms with Crippen molar-refractivity contribution in [3.63, 3.8) is 0 Å². The number of fused-ring (bicyclic) bond motifs is 1. The average Bonchev–Trinajstić information content (AvgIpc) is 2.68. The number of nitrogens with zero attached hydrogens (tertiary/aromatic N) is 3. The van der Waals surface area contributed by atoms with Gasteiger partial charge in [-0.3, -0.25) is 4.90 Å². The monoisotopic (exact) mass is 361 g/mol. The van der Waals surface area contributed by atoms with Gasteiger partial charge in [0.2, 0.25) is 0 Å². The number of hydrogen-bond donors (Lipinski definition) is 0. The Morgan fingerprint density at radius 3 is 2.44 bits per heavy atom. The molecular weight excluding hydrogens is 337 g/mol. The third-order valence-corrected chi connectivity index (χ3v) is 5.19. The zero-order chi connectivity index (χ0) is 18.8. The molecule has 0 aliphatic carbocycles. The molecule has 0 saturated carbocycles. The van der Waals surface area contributed by atoms with Gasteiger partial charge in [-0.2, -0.15) is 0 Å². The number of hydrogen-bond acceptors (Lipinski definition) is 3. The summed E-state index contributed by atoms with van der Waals surface area (Å²) in [5, 5.41) is 0. The number of rotatable bonds is 4. The SMILES string of the molecule is CC(C)N1CCc2c(nc(Cc3ccccc3)nc2-c2ccc(F)cc2)C1. The molecular formula is C23H24FN3. The lowest BCUT2D eigenvalue weighted by atomic mass is 9.97. The third-order valence-electron chi connectivity index (χ3n) is 5.19. The maximum Gasteiger partial charge on any atom is 0.133 e. The molecule has 0 unspecified atom stereocenters. The first-order valence-corrected chi connectivity index (χ1v) is 9.53. The fourth-order valence-corrected chi connectivity index (χ4v) is 3.65. The molecule has 0 N–H and O–H groups in total. The van der Waals surface area contributed by atoms with E-state index >= 15 is 0 Å². The molecule has 3 aromatic rings. The normalized spacial score (nSPS) is 14.4. The van der Waals surface area contributed by atoms with Crippen molar-refractivity contribution in [2.75, 3.05) is 6.54 Å². The van der Waals surface area contributed by atoms with Gasteiger partial charge in [-0.1, -0.05) is 30.3 Å². The van der Waals surface area contributed by atoms with E-state index in [1.54, 1.807) is 0 Å². The minimum atomic E-state index is -0.225. The fourth-order valence-electron chi connectivity index (χ4n) is 3.65. The molecule has 138 valence electrons. The molecule has 0 bridgehead atoms.